The summed E-state index contributed by atoms with van der Waals surface area (Å²) in [5, 5.41) is 6.40. The Morgan fingerprint density at radius 2 is 2.26 bits per heavy atom. The van der Waals surface area contributed by atoms with E-state index < -0.39 is 0 Å². The minimum absolute atomic E-state index is 0.104. The highest BCUT2D eigenvalue weighted by Gasteiger charge is 2.24. The Hall–Kier alpha value is -1.39. The summed E-state index contributed by atoms with van der Waals surface area (Å²) in [6, 6.07) is 8.20. The molecule has 4 nitrogen and oxygen atoms in total. The maximum absolute atomic E-state index is 12.3. The second-order valence-corrected chi connectivity index (χ2v) is 5.16. The van der Waals surface area contributed by atoms with Gasteiger partial charge in [-0.2, -0.15) is 0 Å². The molecule has 1 aromatic carbocycles. The van der Waals surface area contributed by atoms with Gasteiger partial charge in [0.1, 0.15) is 0 Å². The molecule has 2 unspecified atom stereocenters. The molecule has 4 heteroatoms. The van der Waals surface area contributed by atoms with Crippen LogP contribution in [0.1, 0.15) is 25.3 Å². The van der Waals surface area contributed by atoms with E-state index >= 15 is 0 Å². The number of rotatable bonds is 4. The topological polar surface area (TPSA) is 50.4 Å². The summed E-state index contributed by atoms with van der Waals surface area (Å²) < 4.78 is 5.15. The second kappa shape index (κ2) is 6.68. The highest BCUT2D eigenvalue weighted by Crippen LogP contribution is 2.21. The van der Waals surface area contributed by atoms with Gasteiger partial charge in [0.15, 0.2) is 0 Å². The fraction of sp³-hybridized carbons (Fsp3) is 0.533. The maximum Gasteiger partial charge on any atom is 0.227 e. The van der Waals surface area contributed by atoms with Crippen molar-refractivity contribution in [1.82, 2.24) is 5.32 Å². The third-order valence-electron chi connectivity index (χ3n) is 3.57. The lowest BCUT2D eigenvalue weighted by molar-refractivity contribution is -0.120. The highest BCUT2D eigenvalue weighted by molar-refractivity contribution is 5.93. The number of benzene rings is 1. The van der Waals surface area contributed by atoms with Crippen LogP contribution in [0.3, 0.4) is 0 Å². The highest BCUT2D eigenvalue weighted by atomic mass is 16.5. The van der Waals surface area contributed by atoms with Crippen LogP contribution in [0, 0.1) is 5.92 Å². The summed E-state index contributed by atoms with van der Waals surface area (Å²) in [5.74, 6) is 0.226. The number of carbonyl (C=O) groups excluding carboxylic acids is 1. The van der Waals surface area contributed by atoms with Crippen molar-refractivity contribution >= 4 is 11.6 Å². The van der Waals surface area contributed by atoms with Gasteiger partial charge in [-0.1, -0.05) is 18.2 Å². The predicted octanol–water partition coefficient (Wildman–Crippen LogP) is 2.16. The van der Waals surface area contributed by atoms with Crippen LogP contribution in [0.4, 0.5) is 5.69 Å². The fourth-order valence-electron chi connectivity index (χ4n) is 2.53. The van der Waals surface area contributed by atoms with Gasteiger partial charge in [-0.25, -0.2) is 0 Å². The number of anilines is 1. The predicted molar refractivity (Wildman–Crippen MR) is 76.0 cm³/mol. The molecule has 19 heavy (non-hydrogen) atoms. The van der Waals surface area contributed by atoms with E-state index in [0.717, 1.165) is 30.6 Å². The van der Waals surface area contributed by atoms with Crippen LogP contribution in [-0.2, 0) is 16.1 Å². The molecule has 1 fully saturated rings. The van der Waals surface area contributed by atoms with E-state index in [4.69, 9.17) is 4.74 Å². The van der Waals surface area contributed by atoms with E-state index in [2.05, 4.69) is 17.6 Å². The van der Waals surface area contributed by atoms with Crippen LogP contribution < -0.4 is 10.6 Å². The molecule has 1 aliphatic rings. The summed E-state index contributed by atoms with van der Waals surface area (Å²) >= 11 is 0. The van der Waals surface area contributed by atoms with Crippen molar-refractivity contribution in [2.24, 2.45) is 5.92 Å². The first-order valence-electron chi connectivity index (χ1n) is 6.81. The minimum atomic E-state index is 0.104. The van der Waals surface area contributed by atoms with Gasteiger partial charge in [0, 0.05) is 30.3 Å². The van der Waals surface area contributed by atoms with Crippen molar-refractivity contribution in [1.29, 1.82) is 0 Å². The molecule has 0 aliphatic carbocycles. The van der Waals surface area contributed by atoms with Crippen molar-refractivity contribution < 1.29 is 9.53 Å². The molecule has 1 aromatic rings. The molecular formula is C15H22N2O2. The van der Waals surface area contributed by atoms with Crippen molar-refractivity contribution in [2.45, 2.75) is 32.4 Å². The number of piperidine rings is 1. The largest absolute Gasteiger partial charge is 0.380 e. The molecule has 0 radical (unpaired) electrons. The van der Waals surface area contributed by atoms with Crippen LogP contribution in [0.25, 0.3) is 0 Å². The Morgan fingerprint density at radius 1 is 1.47 bits per heavy atom. The van der Waals surface area contributed by atoms with Crippen molar-refractivity contribution in [3.05, 3.63) is 29.8 Å². The molecule has 0 bridgehead atoms. The maximum atomic E-state index is 12.3. The molecule has 1 amide bonds. The molecule has 104 valence electrons. The first-order valence-corrected chi connectivity index (χ1v) is 6.81. The SMILES string of the molecule is COCc1ccccc1NC(=O)C1CCNC(C)C1. The molecule has 2 atom stereocenters. The van der Waals surface area contributed by atoms with Crippen LogP contribution in [0.2, 0.25) is 0 Å². The van der Waals surface area contributed by atoms with Gasteiger partial charge in [-0.3, -0.25) is 4.79 Å². The van der Waals surface area contributed by atoms with E-state index in [1.54, 1.807) is 7.11 Å². The molecule has 1 aliphatic heterocycles. The monoisotopic (exact) mass is 262 g/mol. The van der Waals surface area contributed by atoms with Crippen LogP contribution in [0.15, 0.2) is 24.3 Å². The van der Waals surface area contributed by atoms with Gasteiger partial charge in [-0.05, 0) is 32.4 Å². The van der Waals surface area contributed by atoms with E-state index in [1.807, 2.05) is 24.3 Å². The van der Waals surface area contributed by atoms with E-state index in [9.17, 15) is 4.79 Å². The fourth-order valence-corrected chi connectivity index (χ4v) is 2.53. The Morgan fingerprint density at radius 3 is 3.00 bits per heavy atom. The summed E-state index contributed by atoms with van der Waals surface area (Å²) in [6.07, 6.45) is 1.81. The van der Waals surface area contributed by atoms with Crippen molar-refractivity contribution in [2.75, 3.05) is 19.0 Å². The molecule has 2 rings (SSSR count). The third-order valence-corrected chi connectivity index (χ3v) is 3.57. The number of nitrogens with one attached hydrogen (secondary N) is 2. The normalized spacial score (nSPS) is 23.1. The molecule has 2 N–H and O–H groups in total. The van der Waals surface area contributed by atoms with Crippen molar-refractivity contribution in [3.63, 3.8) is 0 Å². The molecule has 1 saturated heterocycles. The zero-order valence-electron chi connectivity index (χ0n) is 11.6. The van der Waals surface area contributed by atoms with Crippen LogP contribution in [-0.4, -0.2) is 25.6 Å². The molecule has 0 saturated carbocycles. The number of amides is 1. The van der Waals surface area contributed by atoms with E-state index in [1.165, 1.54) is 0 Å². The molecule has 0 spiro atoms. The summed E-state index contributed by atoms with van der Waals surface area (Å²) in [4.78, 5) is 12.3. The summed E-state index contributed by atoms with van der Waals surface area (Å²) in [6.45, 7) is 3.55. The summed E-state index contributed by atoms with van der Waals surface area (Å²) in [5.41, 5.74) is 1.88. The number of hydrogen-bond donors (Lipinski definition) is 2. The Kier molecular flexibility index (Phi) is 4.93. The summed E-state index contributed by atoms with van der Waals surface area (Å²) in [7, 11) is 1.66. The molecular weight excluding hydrogens is 240 g/mol. The molecule has 1 heterocycles. The number of ether oxygens (including phenoxy) is 1. The Bertz CT molecular complexity index is 434. The lowest BCUT2D eigenvalue weighted by Crippen LogP contribution is -2.40. The van der Waals surface area contributed by atoms with E-state index in [0.29, 0.717) is 12.6 Å². The zero-order chi connectivity index (χ0) is 13.7. The van der Waals surface area contributed by atoms with Gasteiger partial charge in [0.2, 0.25) is 5.91 Å². The van der Waals surface area contributed by atoms with Crippen molar-refractivity contribution in [3.8, 4) is 0 Å². The number of carbonyl (C=O) groups is 1. The van der Waals surface area contributed by atoms with Gasteiger partial charge in [0.25, 0.3) is 0 Å². The Balaban J connectivity index is 2.02. The minimum Gasteiger partial charge on any atom is -0.380 e. The number of para-hydroxylation sites is 1. The lowest BCUT2D eigenvalue weighted by Gasteiger charge is -2.27. The van der Waals surface area contributed by atoms with Gasteiger partial charge >= 0.3 is 0 Å². The second-order valence-electron chi connectivity index (χ2n) is 5.16. The van der Waals surface area contributed by atoms with Gasteiger partial charge < -0.3 is 15.4 Å². The van der Waals surface area contributed by atoms with E-state index in [-0.39, 0.29) is 11.8 Å². The van der Waals surface area contributed by atoms with Crippen LogP contribution in [0.5, 0.6) is 0 Å². The standard InChI is InChI=1S/C15H22N2O2/c1-11-9-12(7-8-16-11)15(18)17-14-6-4-3-5-13(14)10-19-2/h3-6,11-12,16H,7-10H2,1-2H3,(H,17,18). The molecule has 0 aromatic heterocycles. The number of hydrogen-bond acceptors (Lipinski definition) is 3. The third kappa shape index (κ3) is 3.78. The first kappa shape index (κ1) is 14.0. The van der Waals surface area contributed by atoms with Gasteiger partial charge in [0.05, 0.1) is 6.61 Å². The average molecular weight is 262 g/mol. The first-order chi connectivity index (χ1) is 9.20. The van der Waals surface area contributed by atoms with Gasteiger partial charge in [-0.15, -0.1) is 0 Å². The Labute approximate surface area is 114 Å². The smallest absolute Gasteiger partial charge is 0.227 e. The zero-order valence-corrected chi connectivity index (χ0v) is 11.6. The number of methoxy groups -OCH3 is 1. The lowest BCUT2D eigenvalue weighted by atomic mass is 9.92. The quantitative estimate of drug-likeness (QED) is 0.874. The van der Waals surface area contributed by atoms with Crippen LogP contribution >= 0.6 is 0 Å². The average Bonchev–Trinajstić information content (AvgIpc) is 2.41.